The van der Waals surface area contributed by atoms with Crippen LogP contribution in [0.15, 0.2) is 84.0 Å². The fourth-order valence-corrected chi connectivity index (χ4v) is 5.02. The van der Waals surface area contributed by atoms with Crippen molar-refractivity contribution in [3.05, 3.63) is 96.2 Å². The Kier molecular flexibility index (Phi) is 8.90. The Labute approximate surface area is 236 Å². The minimum atomic E-state index is -4.86. The number of aryl methyl sites for hydroxylation is 1. The van der Waals surface area contributed by atoms with Crippen LogP contribution in [0, 0.1) is 6.92 Å². The van der Waals surface area contributed by atoms with Gasteiger partial charge in [0.25, 0.3) is 6.43 Å². The highest BCUT2D eigenvalue weighted by molar-refractivity contribution is 7.91. The summed E-state index contributed by atoms with van der Waals surface area (Å²) < 4.78 is 82.6. The molecule has 216 valence electrons. The van der Waals surface area contributed by atoms with Crippen LogP contribution >= 0.6 is 0 Å². The maximum Gasteiger partial charge on any atom is 0.573 e. The Balaban J connectivity index is 1.83. The van der Waals surface area contributed by atoms with Crippen LogP contribution < -0.4 is 21.3 Å². The number of hydrazine groups is 1. The lowest BCUT2D eigenvalue weighted by atomic mass is 10.0. The van der Waals surface area contributed by atoms with Crippen molar-refractivity contribution in [1.82, 2.24) is 9.55 Å². The van der Waals surface area contributed by atoms with Gasteiger partial charge in [0.15, 0.2) is 4.90 Å². The Morgan fingerprint density at radius 1 is 1.10 bits per heavy atom. The first-order valence-electron chi connectivity index (χ1n) is 12.2. The third-order valence-corrected chi connectivity index (χ3v) is 7.42. The van der Waals surface area contributed by atoms with Crippen LogP contribution in [0.1, 0.15) is 30.4 Å². The first-order valence-corrected chi connectivity index (χ1v) is 13.5. The van der Waals surface area contributed by atoms with Gasteiger partial charge in [-0.15, -0.1) is 13.2 Å². The van der Waals surface area contributed by atoms with Crippen molar-refractivity contribution < 1.29 is 31.2 Å². The molecule has 41 heavy (non-hydrogen) atoms. The molecule has 13 heteroatoms. The molecule has 0 saturated heterocycles. The van der Waals surface area contributed by atoms with Crippen molar-refractivity contribution >= 4 is 22.6 Å². The third-order valence-electron chi connectivity index (χ3n) is 6.11. The van der Waals surface area contributed by atoms with E-state index in [0.29, 0.717) is 33.2 Å². The molecule has 0 spiro atoms. The second-order valence-electron chi connectivity index (χ2n) is 8.74. The fraction of sp³-hybridized carbons (Fsp3) is 0.179. The van der Waals surface area contributed by atoms with E-state index in [9.17, 15) is 26.5 Å². The monoisotopic (exact) mass is 591 g/mol. The summed E-state index contributed by atoms with van der Waals surface area (Å²) in [4.78, 5) is 4.58. The van der Waals surface area contributed by atoms with Crippen LogP contribution in [0.5, 0.6) is 5.75 Å². The van der Waals surface area contributed by atoms with E-state index >= 15 is 0 Å². The number of rotatable bonds is 9. The summed E-state index contributed by atoms with van der Waals surface area (Å²) in [5.74, 6) is 6.85. The molecular weight excluding hydrogens is 565 g/mol. The molecule has 0 amide bonds. The number of nitrogens with zero attached hydrogens (tertiary/aromatic N) is 3. The molecule has 1 atom stereocenters. The predicted molar refractivity (Wildman–Crippen MR) is 148 cm³/mol. The summed E-state index contributed by atoms with van der Waals surface area (Å²) in [6.45, 7) is 3.37. The normalized spacial score (nSPS) is 13.0. The Morgan fingerprint density at radius 2 is 1.78 bits per heavy atom. The predicted octanol–water partition coefficient (Wildman–Crippen LogP) is 6.45. The molecule has 1 heterocycles. The highest BCUT2D eigenvalue weighted by Crippen LogP contribution is 2.36. The van der Waals surface area contributed by atoms with Crippen molar-refractivity contribution in [3.8, 4) is 22.6 Å². The van der Waals surface area contributed by atoms with Crippen LogP contribution in [0.25, 0.3) is 22.5 Å². The van der Waals surface area contributed by atoms with E-state index < -0.39 is 35.4 Å². The summed E-state index contributed by atoms with van der Waals surface area (Å²) in [6.07, 6.45) is -5.28. The number of imidazole rings is 1. The highest BCUT2D eigenvalue weighted by atomic mass is 32.2. The summed E-state index contributed by atoms with van der Waals surface area (Å²) in [5, 5.41) is 1.20. The molecule has 0 aliphatic rings. The zero-order valence-corrected chi connectivity index (χ0v) is 22.7. The first-order chi connectivity index (χ1) is 19.4. The smallest absolute Gasteiger partial charge is 0.573 e. The highest BCUT2D eigenvalue weighted by Gasteiger charge is 2.31. The number of anilines is 1. The number of halogens is 5. The molecule has 1 aromatic heterocycles. The molecule has 3 aromatic carbocycles. The van der Waals surface area contributed by atoms with Crippen LogP contribution in [-0.2, 0) is 11.2 Å². The summed E-state index contributed by atoms with van der Waals surface area (Å²) in [7, 11) is 0. The average molecular weight is 592 g/mol. The van der Waals surface area contributed by atoms with Gasteiger partial charge in [0, 0.05) is 24.0 Å². The molecule has 4 N–H and O–H groups in total. The van der Waals surface area contributed by atoms with Crippen molar-refractivity contribution in [2.24, 2.45) is 11.6 Å². The molecule has 7 nitrogen and oxygen atoms in total. The van der Waals surface area contributed by atoms with Gasteiger partial charge in [-0.25, -0.2) is 19.6 Å². The number of aromatic nitrogens is 2. The van der Waals surface area contributed by atoms with Gasteiger partial charge in [-0.3, -0.25) is 5.01 Å². The quantitative estimate of drug-likeness (QED) is 0.100. The molecule has 0 radical (unpaired) electrons. The maximum absolute atomic E-state index is 13.5. The first kappa shape index (κ1) is 29.9. The number of ether oxygens (including phenoxy) is 1. The van der Waals surface area contributed by atoms with Crippen LogP contribution in [0.3, 0.4) is 0 Å². The zero-order valence-electron chi connectivity index (χ0n) is 21.9. The summed E-state index contributed by atoms with van der Waals surface area (Å²) in [6, 6.07) is 17.2. The van der Waals surface area contributed by atoms with Gasteiger partial charge in [-0.05, 0) is 78.6 Å². The van der Waals surface area contributed by atoms with Gasteiger partial charge in [-0.2, -0.15) is 0 Å². The molecule has 0 saturated carbocycles. The van der Waals surface area contributed by atoms with Gasteiger partial charge < -0.3 is 19.6 Å². The number of benzene rings is 3. The van der Waals surface area contributed by atoms with Gasteiger partial charge in [0.1, 0.15) is 23.0 Å². The Hall–Kier alpha value is -4.07. The van der Waals surface area contributed by atoms with E-state index in [1.807, 2.05) is 13.0 Å². The lowest BCUT2D eigenvalue weighted by Crippen LogP contribution is -2.31. The maximum atomic E-state index is 13.5. The minimum Gasteiger partial charge on any atom is -0.611 e. The largest absolute Gasteiger partial charge is 0.611 e. The van der Waals surface area contributed by atoms with Crippen molar-refractivity contribution in [2.45, 2.75) is 31.5 Å². The zero-order chi connectivity index (χ0) is 29.9. The molecule has 4 rings (SSSR count). The van der Waals surface area contributed by atoms with Crippen LogP contribution in [0.4, 0.5) is 27.6 Å². The molecule has 0 bridgehead atoms. The lowest BCUT2D eigenvalue weighted by molar-refractivity contribution is -0.274. The Morgan fingerprint density at radius 3 is 2.37 bits per heavy atom. The Bertz CT molecular complexity index is 1540. The lowest BCUT2D eigenvalue weighted by Gasteiger charge is -2.26. The van der Waals surface area contributed by atoms with Crippen LogP contribution in [0.2, 0.25) is 0 Å². The average Bonchev–Trinajstić information content (AvgIpc) is 3.34. The van der Waals surface area contributed by atoms with Gasteiger partial charge >= 0.3 is 6.36 Å². The second kappa shape index (κ2) is 12.2. The third kappa shape index (κ3) is 6.81. The van der Waals surface area contributed by atoms with Crippen molar-refractivity contribution in [3.63, 3.8) is 0 Å². The molecular formula is C28H26F5N5O2S. The minimum absolute atomic E-state index is 0.203. The van der Waals surface area contributed by atoms with E-state index in [2.05, 4.69) is 9.72 Å². The number of hydrogen-bond acceptors (Lipinski definition) is 6. The van der Waals surface area contributed by atoms with E-state index in [0.717, 1.165) is 17.7 Å². The molecule has 1 unspecified atom stereocenters. The fourth-order valence-electron chi connectivity index (χ4n) is 4.20. The van der Waals surface area contributed by atoms with E-state index in [-0.39, 0.29) is 11.5 Å². The van der Waals surface area contributed by atoms with Gasteiger partial charge in [-0.1, -0.05) is 18.2 Å². The number of alkyl halides is 5. The standard InChI is InChI=1S/C28H26F5N5O2S/c1-3-41(39)22-6-4-5-19(13-22)20-9-12-24(37-16-23(27(29)30)36-17(37)2)25(14-20)38(35)26(15-34)18-7-10-21(11-8-18)40-28(31,32)33/h4-16,27H,3,34-35H2,1-2H3/b26-15-. The molecule has 4 aromatic rings. The SMILES string of the molecule is CC[S+]([O-])c1cccc(-c2ccc(-n3cc(C(F)F)nc3C)c(N(N)/C(=C\N)c3ccc(OC(F)(F)F)cc3)c2)c1. The van der Waals surface area contributed by atoms with Crippen molar-refractivity contribution in [1.29, 1.82) is 0 Å². The summed E-state index contributed by atoms with van der Waals surface area (Å²) in [5.41, 5.74) is 8.16. The van der Waals surface area contributed by atoms with Crippen LogP contribution in [-0.4, -0.2) is 26.2 Å². The van der Waals surface area contributed by atoms with Gasteiger partial charge in [0.2, 0.25) is 0 Å². The van der Waals surface area contributed by atoms with E-state index in [1.165, 1.54) is 34.1 Å². The molecule has 0 aliphatic heterocycles. The summed E-state index contributed by atoms with van der Waals surface area (Å²) >= 11 is -1.19. The van der Waals surface area contributed by atoms with E-state index in [1.54, 1.807) is 43.3 Å². The van der Waals surface area contributed by atoms with E-state index in [4.69, 9.17) is 11.6 Å². The van der Waals surface area contributed by atoms with Crippen molar-refractivity contribution in [2.75, 3.05) is 10.8 Å². The molecule has 0 aliphatic carbocycles. The molecule has 0 fully saturated rings. The van der Waals surface area contributed by atoms with Gasteiger partial charge in [0.05, 0.1) is 17.1 Å². The topological polar surface area (TPSA) is 105 Å². The number of nitrogens with two attached hydrogens (primary N) is 2. The second-order valence-corrected chi connectivity index (χ2v) is 10.5. The number of hydrogen-bond donors (Lipinski definition) is 2.